The van der Waals surface area contributed by atoms with Gasteiger partial charge in [0.15, 0.2) is 0 Å². The minimum absolute atomic E-state index is 0.419. The van der Waals surface area contributed by atoms with E-state index < -0.39 is 60.9 Å². The van der Waals surface area contributed by atoms with Crippen molar-refractivity contribution in [3.63, 3.8) is 0 Å². The monoisotopic (exact) mass is 290 g/mol. The molecular weight excluding hydrogens is 276 g/mol. The van der Waals surface area contributed by atoms with Gasteiger partial charge < -0.3 is 26.4 Å². The Bertz CT molecular complexity index is 433. The number of hydrogen-bond acceptors (Lipinski definition) is 6. The normalized spacial score (nSPS) is 13.1. The maximum atomic E-state index is 11.4. The van der Waals surface area contributed by atoms with Crippen LogP contribution in [-0.2, 0) is 24.0 Å². The molecule has 0 saturated heterocycles. The number of rotatable bonds is 9. The summed E-state index contributed by atoms with van der Waals surface area (Å²) in [5, 5.41) is 27.4. The van der Waals surface area contributed by atoms with E-state index in [1.807, 2.05) is 0 Å². The molecule has 1 amide bonds. The average Bonchev–Trinajstić information content (AvgIpc) is 2.31. The van der Waals surface area contributed by atoms with E-state index in [0.717, 1.165) is 0 Å². The number of carbonyl (C=O) groups is 5. The van der Waals surface area contributed by atoms with Crippen molar-refractivity contribution in [2.24, 2.45) is 5.73 Å². The molecule has 0 aromatic rings. The van der Waals surface area contributed by atoms with Crippen LogP contribution in [0.15, 0.2) is 0 Å². The van der Waals surface area contributed by atoms with Crippen molar-refractivity contribution in [2.75, 3.05) is 0 Å². The standard InChI is InChI=1S/C10H14N2O8/c11-4(3-7(15)16)8(17)9(18)12-5(10(19)20)1-2-6(13)14/h4-5H,1-3,11H2,(H,12,18)(H,13,14)(H,15,16)(H,19,20)/t4-,5-/m0/s1. The largest absolute Gasteiger partial charge is 0.481 e. The Hall–Kier alpha value is -2.49. The molecule has 0 saturated carbocycles. The van der Waals surface area contributed by atoms with Crippen molar-refractivity contribution in [3.05, 3.63) is 0 Å². The molecule has 2 atom stereocenters. The molecular formula is C10H14N2O8. The summed E-state index contributed by atoms with van der Waals surface area (Å²) in [5.41, 5.74) is 5.16. The van der Waals surface area contributed by atoms with Crippen molar-refractivity contribution in [3.8, 4) is 0 Å². The Balaban J connectivity index is 4.59. The highest BCUT2D eigenvalue weighted by Gasteiger charge is 2.28. The Morgan fingerprint density at radius 1 is 1.00 bits per heavy atom. The lowest BCUT2D eigenvalue weighted by molar-refractivity contribution is -0.146. The van der Waals surface area contributed by atoms with Gasteiger partial charge in [0.05, 0.1) is 12.5 Å². The summed E-state index contributed by atoms with van der Waals surface area (Å²) in [6.07, 6.45) is -1.72. The highest BCUT2D eigenvalue weighted by Crippen LogP contribution is 1.99. The highest BCUT2D eigenvalue weighted by atomic mass is 16.4. The van der Waals surface area contributed by atoms with Gasteiger partial charge in [-0.25, -0.2) is 4.79 Å². The SMILES string of the molecule is N[C@@H](CC(=O)O)C(=O)C(=O)N[C@@H](CCC(=O)O)C(=O)O. The lowest BCUT2D eigenvalue weighted by atomic mass is 10.1. The fraction of sp³-hybridized carbons (Fsp3) is 0.500. The predicted molar refractivity (Wildman–Crippen MR) is 61.7 cm³/mol. The summed E-state index contributed by atoms with van der Waals surface area (Å²) in [4.78, 5) is 54.2. The van der Waals surface area contributed by atoms with E-state index in [4.69, 9.17) is 21.1 Å². The fourth-order valence-electron chi connectivity index (χ4n) is 1.20. The van der Waals surface area contributed by atoms with E-state index in [-0.39, 0.29) is 0 Å². The Morgan fingerprint density at radius 3 is 1.95 bits per heavy atom. The van der Waals surface area contributed by atoms with Crippen LogP contribution >= 0.6 is 0 Å². The van der Waals surface area contributed by atoms with Gasteiger partial charge in [-0.1, -0.05) is 0 Å². The number of nitrogens with two attached hydrogens (primary N) is 1. The minimum atomic E-state index is -1.60. The average molecular weight is 290 g/mol. The second kappa shape index (κ2) is 7.84. The Labute approximate surface area is 112 Å². The molecule has 0 aliphatic carbocycles. The molecule has 0 bridgehead atoms. The van der Waals surface area contributed by atoms with Crippen molar-refractivity contribution in [1.29, 1.82) is 0 Å². The van der Waals surface area contributed by atoms with Gasteiger partial charge in [-0.05, 0) is 6.42 Å². The van der Waals surface area contributed by atoms with Gasteiger partial charge in [0.1, 0.15) is 6.04 Å². The zero-order valence-electron chi connectivity index (χ0n) is 10.2. The van der Waals surface area contributed by atoms with Crippen LogP contribution in [-0.4, -0.2) is 57.0 Å². The van der Waals surface area contributed by atoms with Crippen molar-refractivity contribution >= 4 is 29.6 Å². The lowest BCUT2D eigenvalue weighted by Gasteiger charge is -2.14. The summed E-state index contributed by atoms with van der Waals surface area (Å²) in [6, 6.07) is -3.17. The topological polar surface area (TPSA) is 184 Å². The highest BCUT2D eigenvalue weighted by molar-refractivity contribution is 6.38. The first-order chi connectivity index (χ1) is 9.15. The van der Waals surface area contributed by atoms with Gasteiger partial charge in [0.2, 0.25) is 5.78 Å². The number of carboxylic acids is 3. The molecule has 0 rings (SSSR count). The number of ketones is 1. The van der Waals surface area contributed by atoms with Crippen LogP contribution in [0.5, 0.6) is 0 Å². The maximum absolute atomic E-state index is 11.4. The molecule has 0 aliphatic heterocycles. The van der Waals surface area contributed by atoms with Crippen LogP contribution in [0.25, 0.3) is 0 Å². The second-order valence-corrected chi connectivity index (χ2v) is 3.87. The quantitative estimate of drug-likeness (QED) is 0.294. The van der Waals surface area contributed by atoms with Crippen molar-refractivity contribution in [1.82, 2.24) is 5.32 Å². The molecule has 0 aliphatic rings. The second-order valence-electron chi connectivity index (χ2n) is 3.87. The van der Waals surface area contributed by atoms with E-state index in [1.54, 1.807) is 5.32 Å². The smallest absolute Gasteiger partial charge is 0.326 e. The van der Waals surface area contributed by atoms with Gasteiger partial charge >= 0.3 is 17.9 Å². The Kier molecular flexibility index (Phi) is 6.86. The van der Waals surface area contributed by atoms with Crippen LogP contribution in [0.2, 0.25) is 0 Å². The van der Waals surface area contributed by atoms with E-state index in [1.165, 1.54) is 0 Å². The maximum Gasteiger partial charge on any atom is 0.326 e. The van der Waals surface area contributed by atoms with E-state index in [9.17, 15) is 24.0 Å². The first kappa shape index (κ1) is 17.5. The molecule has 0 aromatic carbocycles. The van der Waals surface area contributed by atoms with Crippen molar-refractivity contribution < 1.29 is 39.3 Å². The number of hydrogen-bond donors (Lipinski definition) is 5. The Morgan fingerprint density at radius 2 is 1.55 bits per heavy atom. The molecule has 6 N–H and O–H groups in total. The van der Waals surface area contributed by atoms with E-state index >= 15 is 0 Å². The molecule has 20 heavy (non-hydrogen) atoms. The predicted octanol–water partition coefficient (Wildman–Crippen LogP) is -2.21. The van der Waals surface area contributed by atoms with Crippen LogP contribution < -0.4 is 11.1 Å². The molecule has 0 spiro atoms. The first-order valence-corrected chi connectivity index (χ1v) is 5.41. The molecule has 10 nitrogen and oxygen atoms in total. The molecule has 10 heteroatoms. The summed E-state index contributed by atoms with van der Waals surface area (Å²) >= 11 is 0. The van der Waals surface area contributed by atoms with Crippen LogP contribution in [0.1, 0.15) is 19.3 Å². The molecule has 0 unspecified atom stereocenters. The van der Waals surface area contributed by atoms with Gasteiger partial charge in [-0.3, -0.25) is 19.2 Å². The number of amides is 1. The molecule has 0 radical (unpaired) electrons. The van der Waals surface area contributed by atoms with Crippen LogP contribution in [0, 0.1) is 0 Å². The van der Waals surface area contributed by atoms with E-state index in [0.29, 0.717) is 0 Å². The third-order valence-corrected chi connectivity index (χ3v) is 2.21. The third-order valence-electron chi connectivity index (χ3n) is 2.21. The van der Waals surface area contributed by atoms with E-state index in [2.05, 4.69) is 0 Å². The zero-order chi connectivity index (χ0) is 15.9. The zero-order valence-corrected chi connectivity index (χ0v) is 10.2. The van der Waals surface area contributed by atoms with Crippen molar-refractivity contribution in [2.45, 2.75) is 31.3 Å². The molecule has 112 valence electrons. The molecule has 0 fully saturated rings. The number of nitrogens with one attached hydrogen (secondary N) is 1. The van der Waals surface area contributed by atoms with Crippen LogP contribution in [0.3, 0.4) is 0 Å². The minimum Gasteiger partial charge on any atom is -0.481 e. The molecule has 0 heterocycles. The van der Waals surface area contributed by atoms with Gasteiger partial charge in [0.25, 0.3) is 5.91 Å². The van der Waals surface area contributed by atoms with Gasteiger partial charge in [0, 0.05) is 6.42 Å². The number of aliphatic carboxylic acids is 3. The fourth-order valence-corrected chi connectivity index (χ4v) is 1.20. The number of Topliss-reactive ketones (excluding diaryl/α,β-unsaturated/α-hetero) is 1. The first-order valence-electron chi connectivity index (χ1n) is 5.41. The third kappa shape index (κ3) is 6.44. The molecule has 0 aromatic heterocycles. The lowest BCUT2D eigenvalue weighted by Crippen LogP contribution is -2.49. The van der Waals surface area contributed by atoms with Gasteiger partial charge in [-0.2, -0.15) is 0 Å². The number of carboxylic acid groups (broad SMARTS) is 3. The summed E-state index contributed by atoms with van der Waals surface area (Å²) in [6.45, 7) is 0. The summed E-state index contributed by atoms with van der Waals surface area (Å²) in [5.74, 6) is -6.82. The summed E-state index contributed by atoms with van der Waals surface area (Å²) in [7, 11) is 0. The van der Waals surface area contributed by atoms with Crippen LogP contribution in [0.4, 0.5) is 0 Å². The summed E-state index contributed by atoms with van der Waals surface area (Å²) < 4.78 is 0. The number of carbonyl (C=O) groups excluding carboxylic acids is 2. The van der Waals surface area contributed by atoms with Gasteiger partial charge in [-0.15, -0.1) is 0 Å².